The highest BCUT2D eigenvalue weighted by Crippen LogP contribution is 2.37. The molecule has 1 aliphatic heterocycles. The van der Waals surface area contributed by atoms with Gasteiger partial charge in [-0.1, -0.05) is 23.2 Å². The molecule has 0 radical (unpaired) electrons. The molecule has 0 bridgehead atoms. The molecule has 1 amide bonds. The van der Waals surface area contributed by atoms with E-state index >= 15 is 0 Å². The van der Waals surface area contributed by atoms with E-state index in [0.717, 1.165) is 4.90 Å². The predicted octanol–water partition coefficient (Wildman–Crippen LogP) is 3.31. The number of amides is 1. The van der Waals surface area contributed by atoms with Crippen LogP contribution in [0, 0.1) is 0 Å². The van der Waals surface area contributed by atoms with E-state index in [-0.39, 0.29) is 28.0 Å². The second-order valence-corrected chi connectivity index (χ2v) is 4.62. The molecular formula is C10H7Cl2F3N2O. The molecule has 1 heterocycles. The Kier molecular flexibility index (Phi) is 3.33. The number of hydrogen-bond donors (Lipinski definition) is 1. The summed E-state index contributed by atoms with van der Waals surface area (Å²) >= 11 is 11.5. The van der Waals surface area contributed by atoms with Crippen LogP contribution in [-0.4, -0.2) is 25.2 Å². The molecule has 98 valence electrons. The molecule has 0 atom stereocenters. The number of carbonyl (C=O) groups is 1. The summed E-state index contributed by atoms with van der Waals surface area (Å²) in [6, 6.07) is 2.64. The van der Waals surface area contributed by atoms with E-state index in [2.05, 4.69) is 5.32 Å². The number of rotatable bonds is 1. The normalized spacial score (nSPS) is 15.4. The molecule has 8 heteroatoms. The summed E-state index contributed by atoms with van der Waals surface area (Å²) in [5, 5.41) is 2.76. The molecule has 2 rings (SSSR count). The van der Waals surface area contributed by atoms with E-state index in [1.54, 1.807) is 0 Å². The number of alkyl halides is 3. The Labute approximate surface area is 110 Å². The average molecular weight is 299 g/mol. The van der Waals surface area contributed by atoms with E-state index in [9.17, 15) is 18.0 Å². The van der Waals surface area contributed by atoms with Crippen LogP contribution in [0.2, 0.25) is 10.0 Å². The molecule has 0 spiro atoms. The smallest absolute Gasteiger partial charge is 0.351 e. The Morgan fingerprint density at radius 2 is 1.89 bits per heavy atom. The quantitative estimate of drug-likeness (QED) is 0.863. The molecule has 1 aromatic rings. The minimum Gasteiger partial charge on any atom is -0.351 e. The van der Waals surface area contributed by atoms with Crippen LogP contribution in [0.3, 0.4) is 0 Å². The maximum absolute atomic E-state index is 12.4. The monoisotopic (exact) mass is 298 g/mol. The van der Waals surface area contributed by atoms with Crippen LogP contribution < -0.4 is 10.2 Å². The summed E-state index contributed by atoms with van der Waals surface area (Å²) in [4.78, 5) is 12.2. The fourth-order valence-electron chi connectivity index (χ4n) is 1.70. The van der Waals surface area contributed by atoms with Gasteiger partial charge in [-0.25, -0.2) is 0 Å². The van der Waals surface area contributed by atoms with E-state index in [0.29, 0.717) is 0 Å². The van der Waals surface area contributed by atoms with Crippen molar-refractivity contribution in [2.24, 2.45) is 0 Å². The van der Waals surface area contributed by atoms with Gasteiger partial charge in [0.25, 0.3) is 0 Å². The Morgan fingerprint density at radius 1 is 1.28 bits per heavy atom. The molecule has 0 unspecified atom stereocenters. The van der Waals surface area contributed by atoms with Gasteiger partial charge >= 0.3 is 6.18 Å². The molecule has 0 fully saturated rings. The highest BCUT2D eigenvalue weighted by atomic mass is 35.5. The minimum atomic E-state index is -4.40. The van der Waals surface area contributed by atoms with Crippen LogP contribution in [0.4, 0.5) is 24.5 Å². The van der Waals surface area contributed by atoms with Gasteiger partial charge < -0.3 is 10.2 Å². The van der Waals surface area contributed by atoms with E-state index in [1.807, 2.05) is 0 Å². The lowest BCUT2D eigenvalue weighted by Gasteiger charge is -2.31. The molecule has 1 N–H and O–H groups in total. The topological polar surface area (TPSA) is 32.3 Å². The lowest BCUT2D eigenvalue weighted by Crippen LogP contribution is -2.43. The first-order chi connectivity index (χ1) is 8.26. The van der Waals surface area contributed by atoms with Crippen molar-refractivity contribution < 1.29 is 18.0 Å². The summed E-state index contributed by atoms with van der Waals surface area (Å²) < 4.78 is 37.2. The van der Waals surface area contributed by atoms with Gasteiger partial charge in [-0.15, -0.1) is 0 Å². The van der Waals surface area contributed by atoms with Gasteiger partial charge in [0.05, 0.1) is 28.0 Å². The van der Waals surface area contributed by atoms with Gasteiger partial charge in [-0.3, -0.25) is 4.79 Å². The Bertz CT molecular complexity index is 505. The van der Waals surface area contributed by atoms with Crippen LogP contribution in [0.1, 0.15) is 0 Å². The Hall–Kier alpha value is -1.14. The van der Waals surface area contributed by atoms with Crippen molar-refractivity contribution in [2.45, 2.75) is 6.18 Å². The van der Waals surface area contributed by atoms with Gasteiger partial charge in [0.1, 0.15) is 6.54 Å². The number of hydrogen-bond acceptors (Lipinski definition) is 2. The second-order valence-electron chi connectivity index (χ2n) is 3.80. The number of benzene rings is 1. The van der Waals surface area contributed by atoms with Gasteiger partial charge in [0, 0.05) is 0 Å². The molecule has 1 aliphatic rings. The lowest BCUT2D eigenvalue weighted by atomic mass is 10.2. The molecule has 18 heavy (non-hydrogen) atoms. The number of fused-ring (bicyclic) bond motifs is 1. The first-order valence-corrected chi connectivity index (χ1v) is 5.62. The van der Waals surface area contributed by atoms with Crippen LogP contribution in [0.5, 0.6) is 0 Å². The Balaban J connectivity index is 2.41. The van der Waals surface area contributed by atoms with Crippen LogP contribution >= 0.6 is 23.2 Å². The van der Waals surface area contributed by atoms with Crippen molar-refractivity contribution in [3.05, 3.63) is 22.2 Å². The summed E-state index contributed by atoms with van der Waals surface area (Å²) in [7, 11) is 0. The van der Waals surface area contributed by atoms with Crippen molar-refractivity contribution in [1.29, 1.82) is 0 Å². The minimum absolute atomic E-state index is 0.138. The summed E-state index contributed by atoms with van der Waals surface area (Å²) in [5.41, 5.74) is 0.436. The fraction of sp³-hybridized carbons (Fsp3) is 0.300. The third kappa shape index (κ3) is 2.81. The van der Waals surface area contributed by atoms with Crippen molar-refractivity contribution in [3.63, 3.8) is 0 Å². The third-order valence-electron chi connectivity index (χ3n) is 2.36. The molecule has 0 saturated carbocycles. The largest absolute Gasteiger partial charge is 0.405 e. The number of anilines is 2. The fourth-order valence-corrected chi connectivity index (χ4v) is 2.03. The molecule has 0 saturated heterocycles. The molecule has 0 aromatic heterocycles. The Morgan fingerprint density at radius 3 is 2.50 bits per heavy atom. The lowest BCUT2D eigenvalue weighted by molar-refractivity contribution is -0.122. The highest BCUT2D eigenvalue weighted by molar-refractivity contribution is 6.42. The SMILES string of the molecule is O=C1CN(CC(F)(F)F)c2cc(Cl)c(Cl)cc2N1. The average Bonchev–Trinajstić information content (AvgIpc) is 2.18. The van der Waals surface area contributed by atoms with Gasteiger partial charge in [-0.05, 0) is 12.1 Å². The summed E-state index contributed by atoms with van der Waals surface area (Å²) in [6.45, 7) is -1.59. The first kappa shape index (κ1) is 13.3. The van der Waals surface area contributed by atoms with Crippen LogP contribution in [-0.2, 0) is 4.79 Å². The van der Waals surface area contributed by atoms with Crippen molar-refractivity contribution in [1.82, 2.24) is 0 Å². The summed E-state index contributed by atoms with van der Waals surface area (Å²) in [5.74, 6) is -0.523. The number of carbonyl (C=O) groups excluding carboxylic acids is 1. The first-order valence-electron chi connectivity index (χ1n) is 4.87. The molecule has 0 aliphatic carbocycles. The van der Waals surface area contributed by atoms with E-state index < -0.39 is 18.6 Å². The number of nitrogens with zero attached hydrogens (tertiary/aromatic N) is 1. The standard InChI is InChI=1S/C10H7Cl2F3N2O/c11-5-1-7-8(2-6(5)12)17(3-9(18)16-7)4-10(13,14)15/h1-2H,3-4H2,(H,16,18). The van der Waals surface area contributed by atoms with Gasteiger partial charge in [0.2, 0.25) is 5.91 Å². The zero-order chi connectivity index (χ0) is 13.5. The zero-order valence-electron chi connectivity index (χ0n) is 8.81. The van der Waals surface area contributed by atoms with Gasteiger partial charge in [0.15, 0.2) is 0 Å². The molecular weight excluding hydrogens is 292 g/mol. The maximum atomic E-state index is 12.4. The van der Waals surface area contributed by atoms with E-state index in [1.165, 1.54) is 12.1 Å². The van der Waals surface area contributed by atoms with Crippen molar-refractivity contribution in [2.75, 3.05) is 23.3 Å². The molecule has 1 aromatic carbocycles. The molecule has 3 nitrogen and oxygen atoms in total. The predicted molar refractivity (Wildman–Crippen MR) is 63.4 cm³/mol. The number of halogens is 5. The van der Waals surface area contributed by atoms with Crippen LogP contribution in [0.15, 0.2) is 12.1 Å². The van der Waals surface area contributed by atoms with Crippen molar-refractivity contribution >= 4 is 40.5 Å². The van der Waals surface area contributed by atoms with Crippen LogP contribution in [0.25, 0.3) is 0 Å². The van der Waals surface area contributed by atoms with E-state index in [4.69, 9.17) is 23.2 Å². The highest BCUT2D eigenvalue weighted by Gasteiger charge is 2.34. The number of nitrogens with one attached hydrogen (secondary N) is 1. The maximum Gasteiger partial charge on any atom is 0.405 e. The second kappa shape index (κ2) is 4.51. The van der Waals surface area contributed by atoms with Gasteiger partial charge in [-0.2, -0.15) is 13.2 Å². The summed E-state index contributed by atoms with van der Waals surface area (Å²) in [6.07, 6.45) is -4.40. The zero-order valence-corrected chi connectivity index (χ0v) is 10.3. The van der Waals surface area contributed by atoms with Crippen molar-refractivity contribution in [3.8, 4) is 0 Å². The third-order valence-corrected chi connectivity index (χ3v) is 3.08.